The topological polar surface area (TPSA) is 59.6 Å². The molecule has 0 spiro atoms. The quantitative estimate of drug-likeness (QED) is 0.666. The molecule has 1 saturated heterocycles. The molecule has 0 aromatic heterocycles. The predicted octanol–water partition coefficient (Wildman–Crippen LogP) is 0.890. The Morgan fingerprint density at radius 3 is 2.50 bits per heavy atom. The van der Waals surface area contributed by atoms with Gasteiger partial charge < -0.3 is 20.1 Å². The van der Waals surface area contributed by atoms with E-state index in [9.17, 15) is 4.79 Å². The van der Waals surface area contributed by atoms with Crippen LogP contribution in [0.15, 0.2) is 0 Å². The molecular formula is C13H26N2O3. The standard InChI is InChI=1S/C13H26N2O3/c1-10(13(17-2)18-3)15-12(16)5-4-11-6-8-14-9-7-11/h10-11,13-14H,4-9H2,1-3H3,(H,15,16). The molecule has 0 aromatic carbocycles. The molecular weight excluding hydrogens is 232 g/mol. The summed E-state index contributed by atoms with van der Waals surface area (Å²) in [5.41, 5.74) is 0. The molecule has 1 fully saturated rings. The lowest BCUT2D eigenvalue weighted by atomic mass is 9.93. The first-order chi connectivity index (χ1) is 8.67. The first-order valence-electron chi connectivity index (χ1n) is 6.73. The zero-order valence-corrected chi connectivity index (χ0v) is 11.7. The molecule has 1 aliphatic heterocycles. The van der Waals surface area contributed by atoms with Crippen LogP contribution in [0.1, 0.15) is 32.6 Å². The Kier molecular flexibility index (Phi) is 7.23. The molecule has 5 nitrogen and oxygen atoms in total. The van der Waals surface area contributed by atoms with Crippen molar-refractivity contribution < 1.29 is 14.3 Å². The third-order valence-corrected chi connectivity index (χ3v) is 3.50. The highest BCUT2D eigenvalue weighted by molar-refractivity contribution is 5.76. The lowest BCUT2D eigenvalue weighted by molar-refractivity contribution is -0.136. The highest BCUT2D eigenvalue weighted by Crippen LogP contribution is 2.17. The lowest BCUT2D eigenvalue weighted by Gasteiger charge is -2.24. The number of piperidine rings is 1. The summed E-state index contributed by atoms with van der Waals surface area (Å²) >= 11 is 0. The molecule has 0 aliphatic carbocycles. The molecule has 2 N–H and O–H groups in total. The molecule has 1 unspecified atom stereocenters. The summed E-state index contributed by atoms with van der Waals surface area (Å²) < 4.78 is 10.2. The van der Waals surface area contributed by atoms with Crippen LogP contribution in [-0.4, -0.2) is 45.5 Å². The fourth-order valence-electron chi connectivity index (χ4n) is 2.40. The highest BCUT2D eigenvalue weighted by atomic mass is 16.7. The Hall–Kier alpha value is -0.650. The van der Waals surface area contributed by atoms with Gasteiger partial charge in [-0.15, -0.1) is 0 Å². The Morgan fingerprint density at radius 1 is 1.33 bits per heavy atom. The lowest BCUT2D eigenvalue weighted by Crippen LogP contribution is -2.43. The summed E-state index contributed by atoms with van der Waals surface area (Å²) in [6, 6.07) is -0.125. The van der Waals surface area contributed by atoms with Crippen LogP contribution in [0.3, 0.4) is 0 Å². The molecule has 1 rings (SSSR count). The number of nitrogens with one attached hydrogen (secondary N) is 2. The Balaban J connectivity index is 2.19. The van der Waals surface area contributed by atoms with E-state index < -0.39 is 0 Å². The third-order valence-electron chi connectivity index (χ3n) is 3.50. The predicted molar refractivity (Wildman–Crippen MR) is 70.2 cm³/mol. The van der Waals surface area contributed by atoms with Crippen molar-refractivity contribution >= 4 is 5.91 Å². The van der Waals surface area contributed by atoms with Gasteiger partial charge in [0.05, 0.1) is 6.04 Å². The molecule has 0 bridgehead atoms. The van der Waals surface area contributed by atoms with Gasteiger partial charge in [-0.25, -0.2) is 0 Å². The number of hydrogen-bond acceptors (Lipinski definition) is 4. The van der Waals surface area contributed by atoms with E-state index in [1.54, 1.807) is 14.2 Å². The minimum absolute atomic E-state index is 0.0835. The minimum atomic E-state index is -0.382. The van der Waals surface area contributed by atoms with Gasteiger partial charge in [0.25, 0.3) is 0 Å². The van der Waals surface area contributed by atoms with E-state index in [1.807, 2.05) is 6.92 Å². The van der Waals surface area contributed by atoms with Crippen LogP contribution in [0.25, 0.3) is 0 Å². The minimum Gasteiger partial charge on any atom is -0.354 e. The fraction of sp³-hybridized carbons (Fsp3) is 0.923. The van der Waals surface area contributed by atoms with Gasteiger partial charge in [0.15, 0.2) is 6.29 Å². The maximum Gasteiger partial charge on any atom is 0.220 e. The largest absolute Gasteiger partial charge is 0.354 e. The van der Waals surface area contributed by atoms with Crippen LogP contribution < -0.4 is 10.6 Å². The van der Waals surface area contributed by atoms with E-state index in [4.69, 9.17) is 9.47 Å². The maximum atomic E-state index is 11.8. The highest BCUT2D eigenvalue weighted by Gasteiger charge is 2.19. The van der Waals surface area contributed by atoms with Crippen LogP contribution in [0.2, 0.25) is 0 Å². The molecule has 1 atom stereocenters. The van der Waals surface area contributed by atoms with E-state index >= 15 is 0 Å². The molecule has 1 aliphatic rings. The number of amides is 1. The van der Waals surface area contributed by atoms with Gasteiger partial charge in [-0.05, 0) is 45.2 Å². The SMILES string of the molecule is COC(OC)C(C)NC(=O)CCC1CCNCC1. The number of rotatable bonds is 7. The van der Waals surface area contributed by atoms with E-state index in [0.717, 1.165) is 19.5 Å². The number of hydrogen-bond donors (Lipinski definition) is 2. The molecule has 18 heavy (non-hydrogen) atoms. The maximum absolute atomic E-state index is 11.8. The summed E-state index contributed by atoms with van der Waals surface area (Å²) in [7, 11) is 3.15. The number of methoxy groups -OCH3 is 2. The fourth-order valence-corrected chi connectivity index (χ4v) is 2.40. The summed E-state index contributed by atoms with van der Waals surface area (Å²) in [4.78, 5) is 11.8. The van der Waals surface area contributed by atoms with Crippen molar-refractivity contribution in [2.45, 2.75) is 44.9 Å². The first kappa shape index (κ1) is 15.4. The van der Waals surface area contributed by atoms with E-state index in [1.165, 1.54) is 12.8 Å². The van der Waals surface area contributed by atoms with Crippen molar-refractivity contribution in [3.05, 3.63) is 0 Å². The third kappa shape index (κ3) is 5.33. The molecule has 0 aromatic rings. The number of carbonyl (C=O) groups is 1. The van der Waals surface area contributed by atoms with Crippen molar-refractivity contribution in [2.75, 3.05) is 27.3 Å². The molecule has 0 radical (unpaired) electrons. The van der Waals surface area contributed by atoms with Gasteiger partial charge in [-0.3, -0.25) is 4.79 Å². The van der Waals surface area contributed by atoms with E-state index in [2.05, 4.69) is 10.6 Å². The first-order valence-corrected chi connectivity index (χ1v) is 6.73. The average Bonchev–Trinajstić information content (AvgIpc) is 2.39. The van der Waals surface area contributed by atoms with E-state index in [-0.39, 0.29) is 18.2 Å². The number of carbonyl (C=O) groups excluding carboxylic acids is 1. The van der Waals surface area contributed by atoms with Crippen molar-refractivity contribution in [1.82, 2.24) is 10.6 Å². The van der Waals surface area contributed by atoms with Crippen LogP contribution in [0, 0.1) is 5.92 Å². The van der Waals surface area contributed by atoms with Gasteiger partial charge in [0, 0.05) is 20.6 Å². The Labute approximate surface area is 110 Å². The second-order valence-electron chi connectivity index (χ2n) is 4.93. The smallest absolute Gasteiger partial charge is 0.220 e. The summed E-state index contributed by atoms with van der Waals surface area (Å²) in [5, 5.41) is 6.25. The molecule has 5 heteroatoms. The summed E-state index contributed by atoms with van der Waals surface area (Å²) in [6.07, 6.45) is 3.55. The van der Waals surface area contributed by atoms with Crippen LogP contribution in [0.4, 0.5) is 0 Å². The van der Waals surface area contributed by atoms with Gasteiger partial charge >= 0.3 is 0 Å². The van der Waals surface area contributed by atoms with Gasteiger partial charge in [-0.2, -0.15) is 0 Å². The van der Waals surface area contributed by atoms with Crippen LogP contribution in [-0.2, 0) is 14.3 Å². The van der Waals surface area contributed by atoms with Crippen LogP contribution in [0.5, 0.6) is 0 Å². The Morgan fingerprint density at radius 2 is 1.94 bits per heavy atom. The van der Waals surface area contributed by atoms with E-state index in [0.29, 0.717) is 12.3 Å². The monoisotopic (exact) mass is 258 g/mol. The van der Waals surface area contributed by atoms with Crippen molar-refractivity contribution in [1.29, 1.82) is 0 Å². The van der Waals surface area contributed by atoms with Gasteiger partial charge in [0.1, 0.15) is 0 Å². The second kappa shape index (κ2) is 8.45. The van der Waals surface area contributed by atoms with Crippen molar-refractivity contribution in [2.24, 2.45) is 5.92 Å². The zero-order valence-electron chi connectivity index (χ0n) is 11.7. The van der Waals surface area contributed by atoms with Crippen LogP contribution >= 0.6 is 0 Å². The molecule has 0 saturated carbocycles. The molecule has 106 valence electrons. The normalized spacial score (nSPS) is 18.9. The zero-order chi connectivity index (χ0) is 13.4. The van der Waals surface area contributed by atoms with Gasteiger partial charge in [-0.1, -0.05) is 0 Å². The average molecular weight is 258 g/mol. The summed E-state index contributed by atoms with van der Waals surface area (Å²) in [5.74, 6) is 0.771. The molecule has 1 amide bonds. The van der Waals surface area contributed by atoms with Crippen molar-refractivity contribution in [3.8, 4) is 0 Å². The van der Waals surface area contributed by atoms with Crippen molar-refractivity contribution in [3.63, 3.8) is 0 Å². The van der Waals surface area contributed by atoms with Gasteiger partial charge in [0.2, 0.25) is 5.91 Å². The second-order valence-corrected chi connectivity index (χ2v) is 4.93. The number of ether oxygens (including phenoxy) is 2. The molecule has 1 heterocycles. The summed E-state index contributed by atoms with van der Waals surface area (Å²) in [6.45, 7) is 4.05. The Bertz CT molecular complexity index is 238.